The highest BCUT2D eigenvalue weighted by Gasteiger charge is 2.28. The topological polar surface area (TPSA) is 88.5 Å². The highest BCUT2D eigenvalue weighted by molar-refractivity contribution is 7.99. The van der Waals surface area contributed by atoms with Gasteiger partial charge in [0.1, 0.15) is 23.3 Å². The van der Waals surface area contributed by atoms with Crippen LogP contribution in [0.5, 0.6) is 0 Å². The average Bonchev–Trinajstić information content (AvgIpc) is 2.87. The molecule has 0 bridgehead atoms. The van der Waals surface area contributed by atoms with Gasteiger partial charge in [0, 0.05) is 40.4 Å². The average molecular weight is 311 g/mol. The van der Waals surface area contributed by atoms with Crippen LogP contribution in [-0.4, -0.2) is 15.0 Å². The fraction of sp³-hybridized carbons (Fsp3) is 0.375. The van der Waals surface area contributed by atoms with Crippen molar-refractivity contribution >= 4 is 17.6 Å². The maximum atomic E-state index is 9.48. The van der Waals surface area contributed by atoms with Gasteiger partial charge in [-0.05, 0) is 12.5 Å². The lowest BCUT2D eigenvalue weighted by Gasteiger charge is -2.13. The van der Waals surface area contributed by atoms with Gasteiger partial charge >= 0.3 is 0 Å². The zero-order valence-corrected chi connectivity index (χ0v) is 13.6. The predicted molar refractivity (Wildman–Crippen MR) is 88.2 cm³/mol. The quantitative estimate of drug-likeness (QED) is 0.914. The van der Waals surface area contributed by atoms with E-state index in [9.17, 15) is 5.26 Å². The first-order chi connectivity index (χ1) is 10.5. The molecule has 5 nitrogen and oxygen atoms in total. The number of hydrogen-bond donors (Lipinski definition) is 1. The molecular formula is C16H17N5S. The minimum Gasteiger partial charge on any atom is -0.383 e. The first-order valence-corrected chi connectivity index (χ1v) is 8.24. The van der Waals surface area contributed by atoms with Crippen LogP contribution in [0.3, 0.4) is 0 Å². The molecule has 2 N–H and O–H groups in total. The van der Waals surface area contributed by atoms with Crippen LogP contribution in [-0.2, 0) is 5.75 Å². The SMILES string of the molecule is CC(C)c1ncc(-c2c(C#N)c(N)nc3c2CSC3C)cn1. The van der Waals surface area contributed by atoms with E-state index in [0.29, 0.717) is 16.6 Å². The summed E-state index contributed by atoms with van der Waals surface area (Å²) in [5.41, 5.74) is 10.2. The molecule has 3 rings (SSSR count). The van der Waals surface area contributed by atoms with E-state index >= 15 is 0 Å². The van der Waals surface area contributed by atoms with Crippen molar-refractivity contribution in [3.8, 4) is 17.2 Å². The summed E-state index contributed by atoms with van der Waals surface area (Å²) in [6, 6.07) is 2.19. The van der Waals surface area contributed by atoms with Crippen molar-refractivity contribution in [1.82, 2.24) is 15.0 Å². The smallest absolute Gasteiger partial charge is 0.142 e. The van der Waals surface area contributed by atoms with E-state index in [-0.39, 0.29) is 5.92 Å². The molecule has 3 heterocycles. The van der Waals surface area contributed by atoms with Gasteiger partial charge < -0.3 is 5.73 Å². The molecule has 1 aliphatic heterocycles. The summed E-state index contributed by atoms with van der Waals surface area (Å²) in [4.78, 5) is 13.3. The third-order valence-corrected chi connectivity index (χ3v) is 4.99. The minimum atomic E-state index is 0.272. The van der Waals surface area contributed by atoms with Gasteiger partial charge in [0.15, 0.2) is 0 Å². The summed E-state index contributed by atoms with van der Waals surface area (Å²) >= 11 is 1.80. The molecule has 2 aromatic heterocycles. The number of rotatable bonds is 2. The Hall–Kier alpha value is -2.13. The number of nitrogens with zero attached hydrogens (tertiary/aromatic N) is 4. The second-order valence-electron chi connectivity index (χ2n) is 5.66. The standard InChI is InChI=1S/C16H17N5S/c1-8(2)16-19-5-10(6-20-16)13-11(4-17)15(18)21-14-9(3)22-7-12(13)14/h5-6,8-9H,7H2,1-3H3,(H2,18,21). The Labute approximate surface area is 134 Å². The Balaban J connectivity index is 2.22. The van der Waals surface area contributed by atoms with Crippen LogP contribution >= 0.6 is 11.8 Å². The molecule has 0 amide bonds. The van der Waals surface area contributed by atoms with Crippen molar-refractivity contribution in [3.63, 3.8) is 0 Å². The Morgan fingerprint density at radius 3 is 2.64 bits per heavy atom. The fourth-order valence-electron chi connectivity index (χ4n) is 2.63. The lowest BCUT2D eigenvalue weighted by molar-refractivity contribution is 0.774. The molecule has 2 aromatic rings. The highest BCUT2D eigenvalue weighted by Crippen LogP contribution is 2.46. The monoisotopic (exact) mass is 311 g/mol. The molecular weight excluding hydrogens is 294 g/mol. The largest absolute Gasteiger partial charge is 0.383 e. The van der Waals surface area contributed by atoms with E-state index < -0.39 is 0 Å². The molecule has 112 valence electrons. The van der Waals surface area contributed by atoms with Crippen molar-refractivity contribution in [2.45, 2.75) is 37.7 Å². The number of nitrogen functional groups attached to an aromatic ring is 1. The molecule has 0 spiro atoms. The minimum absolute atomic E-state index is 0.272. The molecule has 0 aliphatic carbocycles. The molecule has 0 saturated carbocycles. The summed E-state index contributed by atoms with van der Waals surface area (Å²) in [5.74, 6) is 2.19. The summed E-state index contributed by atoms with van der Waals surface area (Å²) in [7, 11) is 0. The summed E-state index contributed by atoms with van der Waals surface area (Å²) < 4.78 is 0. The van der Waals surface area contributed by atoms with Crippen LogP contribution in [0.1, 0.15) is 54.6 Å². The van der Waals surface area contributed by atoms with Crippen LogP contribution in [0.2, 0.25) is 0 Å². The second-order valence-corrected chi connectivity index (χ2v) is 6.99. The van der Waals surface area contributed by atoms with Crippen LogP contribution in [0.4, 0.5) is 5.82 Å². The first-order valence-electron chi connectivity index (χ1n) is 7.19. The summed E-state index contributed by atoms with van der Waals surface area (Å²) in [5, 5.41) is 9.77. The normalized spacial score (nSPS) is 16.6. The van der Waals surface area contributed by atoms with E-state index in [0.717, 1.165) is 34.0 Å². The van der Waals surface area contributed by atoms with Crippen molar-refractivity contribution in [1.29, 1.82) is 5.26 Å². The number of hydrogen-bond acceptors (Lipinski definition) is 6. The van der Waals surface area contributed by atoms with E-state index in [1.54, 1.807) is 24.2 Å². The number of aromatic nitrogens is 3. The Morgan fingerprint density at radius 1 is 1.36 bits per heavy atom. The van der Waals surface area contributed by atoms with Gasteiger partial charge in [-0.25, -0.2) is 15.0 Å². The third-order valence-electron chi connectivity index (χ3n) is 3.81. The van der Waals surface area contributed by atoms with Crippen molar-refractivity contribution in [2.24, 2.45) is 0 Å². The number of anilines is 1. The van der Waals surface area contributed by atoms with Crippen LogP contribution in [0.25, 0.3) is 11.1 Å². The molecule has 0 aromatic carbocycles. The van der Waals surface area contributed by atoms with E-state index in [4.69, 9.17) is 5.73 Å². The molecule has 1 atom stereocenters. The lowest BCUT2D eigenvalue weighted by atomic mass is 9.96. The molecule has 6 heteroatoms. The van der Waals surface area contributed by atoms with Crippen molar-refractivity contribution in [3.05, 3.63) is 35.0 Å². The van der Waals surface area contributed by atoms with Gasteiger partial charge in [-0.2, -0.15) is 5.26 Å². The Kier molecular flexibility index (Phi) is 3.75. The zero-order chi connectivity index (χ0) is 15.9. The van der Waals surface area contributed by atoms with Gasteiger partial charge in [0.05, 0.1) is 5.69 Å². The van der Waals surface area contributed by atoms with Gasteiger partial charge in [0.25, 0.3) is 0 Å². The molecule has 22 heavy (non-hydrogen) atoms. The molecule has 0 radical (unpaired) electrons. The lowest BCUT2D eigenvalue weighted by Crippen LogP contribution is -2.05. The molecule has 0 fully saturated rings. The number of nitrogens with two attached hydrogens (primary N) is 1. The van der Waals surface area contributed by atoms with Crippen LogP contribution in [0, 0.1) is 11.3 Å². The summed E-state index contributed by atoms with van der Waals surface area (Å²) in [6.45, 7) is 6.21. The zero-order valence-electron chi connectivity index (χ0n) is 12.8. The number of nitriles is 1. The number of pyridine rings is 1. The Bertz CT molecular complexity index is 762. The van der Waals surface area contributed by atoms with Crippen LogP contribution < -0.4 is 5.73 Å². The fourth-order valence-corrected chi connectivity index (χ4v) is 3.69. The molecule has 1 unspecified atom stereocenters. The second kappa shape index (κ2) is 5.58. The van der Waals surface area contributed by atoms with E-state index in [1.165, 1.54) is 0 Å². The third kappa shape index (κ3) is 2.32. The number of fused-ring (bicyclic) bond motifs is 1. The van der Waals surface area contributed by atoms with Crippen molar-refractivity contribution < 1.29 is 0 Å². The maximum absolute atomic E-state index is 9.48. The van der Waals surface area contributed by atoms with Gasteiger partial charge in [-0.1, -0.05) is 13.8 Å². The highest BCUT2D eigenvalue weighted by atomic mass is 32.2. The first kappa shape index (κ1) is 14.8. The van der Waals surface area contributed by atoms with Gasteiger partial charge in [-0.3, -0.25) is 0 Å². The van der Waals surface area contributed by atoms with Gasteiger partial charge in [-0.15, -0.1) is 11.8 Å². The van der Waals surface area contributed by atoms with Crippen LogP contribution in [0.15, 0.2) is 12.4 Å². The molecule has 0 saturated heterocycles. The van der Waals surface area contributed by atoms with Gasteiger partial charge in [0.2, 0.25) is 0 Å². The van der Waals surface area contributed by atoms with Crippen molar-refractivity contribution in [2.75, 3.05) is 5.73 Å². The van der Waals surface area contributed by atoms with E-state index in [1.807, 2.05) is 0 Å². The maximum Gasteiger partial charge on any atom is 0.142 e. The van der Waals surface area contributed by atoms with E-state index in [2.05, 4.69) is 41.8 Å². The Morgan fingerprint density at radius 2 is 2.05 bits per heavy atom. The molecule has 1 aliphatic rings. The number of thioether (sulfide) groups is 1. The predicted octanol–water partition coefficient (Wildman–Crippen LogP) is 3.42. The summed E-state index contributed by atoms with van der Waals surface area (Å²) in [6.07, 6.45) is 3.57.